The fourth-order valence-corrected chi connectivity index (χ4v) is 1.77. The molecule has 84 valence electrons. The van der Waals surface area contributed by atoms with E-state index in [2.05, 4.69) is 30.2 Å². The Morgan fingerprint density at radius 3 is 1.76 bits per heavy atom. The monoisotopic (exact) mass is 240 g/mol. The van der Waals surface area contributed by atoms with Crippen molar-refractivity contribution in [3.8, 4) is 17.6 Å². The van der Waals surface area contributed by atoms with Crippen LogP contribution in [0.1, 0.15) is 11.1 Å². The van der Waals surface area contributed by atoms with Gasteiger partial charge in [-0.2, -0.15) is 0 Å². The molecule has 2 aromatic carbocycles. The van der Waals surface area contributed by atoms with Crippen LogP contribution in [0.2, 0.25) is 0 Å². The summed E-state index contributed by atoms with van der Waals surface area (Å²) in [4.78, 5) is 1.24. The van der Waals surface area contributed by atoms with Gasteiger partial charge in [0.15, 0.2) is 0 Å². The minimum absolute atomic E-state index is 0.264. The van der Waals surface area contributed by atoms with E-state index >= 15 is 0 Å². The lowest BCUT2D eigenvalue weighted by Gasteiger charge is -1.95. The predicted molar refractivity (Wildman–Crippen MR) is 72.3 cm³/mol. The average Bonchev–Trinajstić information content (AvgIpc) is 2.39. The van der Waals surface area contributed by atoms with Crippen LogP contribution in [0.25, 0.3) is 0 Å². The fourth-order valence-electron chi connectivity index (χ4n) is 1.36. The van der Waals surface area contributed by atoms with E-state index in [4.69, 9.17) is 5.11 Å². The van der Waals surface area contributed by atoms with Gasteiger partial charge < -0.3 is 5.11 Å². The number of benzene rings is 2. The third kappa shape index (κ3) is 3.30. The number of phenols is 1. The van der Waals surface area contributed by atoms with Crippen molar-refractivity contribution in [2.24, 2.45) is 0 Å². The minimum atomic E-state index is 0.264. The van der Waals surface area contributed by atoms with Gasteiger partial charge in [-0.15, -0.1) is 11.8 Å². The van der Waals surface area contributed by atoms with E-state index in [9.17, 15) is 0 Å². The Bertz CT molecular complexity index is 544. The molecule has 0 aliphatic carbocycles. The average molecular weight is 240 g/mol. The molecule has 0 amide bonds. The molecule has 0 aliphatic heterocycles. The number of rotatable bonds is 1. The summed E-state index contributed by atoms with van der Waals surface area (Å²) in [6.07, 6.45) is 2.05. The van der Waals surface area contributed by atoms with Crippen LogP contribution < -0.4 is 0 Å². The van der Waals surface area contributed by atoms with Crippen molar-refractivity contribution in [2.75, 3.05) is 6.26 Å². The Morgan fingerprint density at radius 1 is 0.824 bits per heavy atom. The zero-order chi connectivity index (χ0) is 12.1. The number of phenolic OH excluding ortho intramolecular Hbond substituents is 1. The molecule has 0 aliphatic rings. The molecule has 0 saturated heterocycles. The number of hydrogen-bond donors (Lipinski definition) is 1. The van der Waals surface area contributed by atoms with Crippen molar-refractivity contribution >= 4 is 11.8 Å². The van der Waals surface area contributed by atoms with Crippen molar-refractivity contribution in [3.63, 3.8) is 0 Å². The third-order valence-electron chi connectivity index (χ3n) is 2.31. The Kier molecular flexibility index (Phi) is 3.74. The van der Waals surface area contributed by atoms with Gasteiger partial charge in [0.1, 0.15) is 5.75 Å². The van der Waals surface area contributed by atoms with Crippen LogP contribution in [0.15, 0.2) is 53.4 Å². The summed E-state index contributed by atoms with van der Waals surface area (Å²) in [6.45, 7) is 0. The van der Waals surface area contributed by atoms with Gasteiger partial charge in [0, 0.05) is 16.0 Å². The van der Waals surface area contributed by atoms with E-state index in [0.717, 1.165) is 11.1 Å². The molecule has 0 atom stereocenters. The molecule has 2 rings (SSSR count). The van der Waals surface area contributed by atoms with Gasteiger partial charge in [-0.1, -0.05) is 11.8 Å². The predicted octanol–water partition coefficient (Wildman–Crippen LogP) is 3.51. The quantitative estimate of drug-likeness (QED) is 0.608. The molecule has 2 aromatic rings. The molecule has 0 radical (unpaired) electrons. The second-order valence-corrected chi connectivity index (χ2v) is 4.41. The first kappa shape index (κ1) is 11.6. The van der Waals surface area contributed by atoms with Gasteiger partial charge in [0.25, 0.3) is 0 Å². The third-order valence-corrected chi connectivity index (χ3v) is 3.05. The maximum Gasteiger partial charge on any atom is 0.115 e. The van der Waals surface area contributed by atoms with Crippen molar-refractivity contribution in [2.45, 2.75) is 4.90 Å². The van der Waals surface area contributed by atoms with Crippen LogP contribution in [-0.4, -0.2) is 11.4 Å². The highest BCUT2D eigenvalue weighted by Crippen LogP contribution is 2.14. The lowest BCUT2D eigenvalue weighted by Crippen LogP contribution is -1.76. The van der Waals surface area contributed by atoms with Crippen molar-refractivity contribution in [3.05, 3.63) is 59.7 Å². The summed E-state index contributed by atoms with van der Waals surface area (Å²) >= 11 is 1.72. The maximum absolute atomic E-state index is 9.15. The maximum atomic E-state index is 9.15. The van der Waals surface area contributed by atoms with Gasteiger partial charge in [-0.05, 0) is 54.8 Å². The standard InChI is InChI=1S/C15H12OS/c1-17-15-10-6-13(7-11-15)3-2-12-4-8-14(16)9-5-12/h4-11,16H,1H3. The molecule has 1 N–H and O–H groups in total. The van der Waals surface area contributed by atoms with Crippen LogP contribution in [-0.2, 0) is 0 Å². The van der Waals surface area contributed by atoms with E-state index in [1.165, 1.54) is 4.90 Å². The van der Waals surface area contributed by atoms with Gasteiger partial charge in [-0.25, -0.2) is 0 Å². The van der Waals surface area contributed by atoms with Crippen LogP contribution in [0.3, 0.4) is 0 Å². The molecule has 0 saturated carbocycles. The van der Waals surface area contributed by atoms with Crippen LogP contribution in [0.4, 0.5) is 0 Å². The molecule has 0 fully saturated rings. The molecular formula is C15H12OS. The molecule has 0 unspecified atom stereocenters. The zero-order valence-corrected chi connectivity index (χ0v) is 10.3. The molecule has 0 bridgehead atoms. The highest BCUT2D eigenvalue weighted by molar-refractivity contribution is 7.98. The summed E-state index contributed by atoms with van der Waals surface area (Å²) in [5.41, 5.74) is 1.90. The van der Waals surface area contributed by atoms with E-state index < -0.39 is 0 Å². The van der Waals surface area contributed by atoms with E-state index in [-0.39, 0.29) is 5.75 Å². The van der Waals surface area contributed by atoms with Crippen molar-refractivity contribution in [1.82, 2.24) is 0 Å². The first-order valence-corrected chi connectivity index (χ1v) is 6.45. The highest BCUT2D eigenvalue weighted by Gasteiger charge is 1.90. The van der Waals surface area contributed by atoms with Gasteiger partial charge in [-0.3, -0.25) is 0 Å². The van der Waals surface area contributed by atoms with Crippen LogP contribution >= 0.6 is 11.8 Å². The molecular weight excluding hydrogens is 228 g/mol. The summed E-state index contributed by atoms with van der Waals surface area (Å²) < 4.78 is 0. The Hall–Kier alpha value is -1.85. The zero-order valence-electron chi connectivity index (χ0n) is 9.47. The van der Waals surface area contributed by atoms with E-state index in [1.807, 2.05) is 12.1 Å². The van der Waals surface area contributed by atoms with Gasteiger partial charge >= 0.3 is 0 Å². The summed E-state index contributed by atoms with van der Waals surface area (Å²) in [6, 6.07) is 15.0. The number of hydrogen-bond acceptors (Lipinski definition) is 2. The summed E-state index contributed by atoms with van der Waals surface area (Å²) in [5, 5.41) is 9.15. The van der Waals surface area contributed by atoms with Crippen LogP contribution in [0.5, 0.6) is 5.75 Å². The lowest BCUT2D eigenvalue weighted by atomic mass is 10.2. The fraction of sp³-hybridized carbons (Fsp3) is 0.0667. The Morgan fingerprint density at radius 2 is 1.29 bits per heavy atom. The number of thioether (sulfide) groups is 1. The largest absolute Gasteiger partial charge is 0.508 e. The normalized spacial score (nSPS) is 9.47. The Labute approximate surface area is 105 Å². The first-order valence-electron chi connectivity index (χ1n) is 5.23. The molecule has 1 nitrogen and oxygen atoms in total. The van der Waals surface area contributed by atoms with Crippen molar-refractivity contribution < 1.29 is 5.11 Å². The van der Waals surface area contributed by atoms with Gasteiger partial charge in [0.2, 0.25) is 0 Å². The minimum Gasteiger partial charge on any atom is -0.508 e. The summed E-state index contributed by atoms with van der Waals surface area (Å²) in [5.74, 6) is 6.41. The summed E-state index contributed by atoms with van der Waals surface area (Å²) in [7, 11) is 0. The molecule has 0 spiro atoms. The topological polar surface area (TPSA) is 20.2 Å². The van der Waals surface area contributed by atoms with E-state index in [1.54, 1.807) is 36.0 Å². The molecule has 2 heteroatoms. The first-order chi connectivity index (χ1) is 8.28. The second-order valence-electron chi connectivity index (χ2n) is 3.53. The Balaban J connectivity index is 2.17. The lowest BCUT2D eigenvalue weighted by molar-refractivity contribution is 0.475. The van der Waals surface area contributed by atoms with Crippen molar-refractivity contribution in [1.29, 1.82) is 0 Å². The number of aromatic hydroxyl groups is 1. The SMILES string of the molecule is CSc1ccc(C#Cc2ccc(O)cc2)cc1. The molecule has 0 aromatic heterocycles. The van der Waals surface area contributed by atoms with Gasteiger partial charge in [0.05, 0.1) is 0 Å². The molecule has 0 heterocycles. The second kappa shape index (κ2) is 5.47. The molecule has 17 heavy (non-hydrogen) atoms. The highest BCUT2D eigenvalue weighted by atomic mass is 32.2. The smallest absolute Gasteiger partial charge is 0.115 e. The van der Waals surface area contributed by atoms with Crippen LogP contribution in [0, 0.1) is 11.8 Å². The van der Waals surface area contributed by atoms with E-state index in [0.29, 0.717) is 0 Å².